The number of halogens is 3. The maximum Gasteiger partial charge on any atom is 0.188 e. The van der Waals surface area contributed by atoms with Crippen molar-refractivity contribution in [2.45, 2.75) is 26.2 Å². The summed E-state index contributed by atoms with van der Waals surface area (Å²) in [4.78, 5) is 4.12. The molecule has 0 aliphatic carbocycles. The van der Waals surface area contributed by atoms with Gasteiger partial charge in [0.05, 0.1) is 0 Å². The number of unbranched alkanes of at least 4 members (excludes halogenated alkanes) is 1. The van der Waals surface area contributed by atoms with Gasteiger partial charge in [0.1, 0.15) is 11.6 Å². The van der Waals surface area contributed by atoms with Gasteiger partial charge in [0.2, 0.25) is 0 Å². The highest BCUT2D eigenvalue weighted by Crippen LogP contribution is 2.07. The first-order valence-electron chi connectivity index (χ1n) is 6.10. The van der Waals surface area contributed by atoms with Gasteiger partial charge in [0.15, 0.2) is 5.96 Å². The molecule has 0 unspecified atom stereocenters. The van der Waals surface area contributed by atoms with Crippen LogP contribution in [0.25, 0.3) is 0 Å². The fraction of sp³-hybridized carbons (Fsp3) is 0.462. The van der Waals surface area contributed by atoms with Crippen molar-refractivity contribution in [3.63, 3.8) is 0 Å². The number of nitrogens with zero attached hydrogens (tertiary/aromatic N) is 1. The zero-order chi connectivity index (χ0) is 13.4. The van der Waals surface area contributed by atoms with Crippen molar-refractivity contribution >= 4 is 29.9 Å². The summed E-state index contributed by atoms with van der Waals surface area (Å²) in [5, 5.41) is 2.91. The van der Waals surface area contributed by atoms with E-state index in [4.69, 9.17) is 5.73 Å². The van der Waals surface area contributed by atoms with Gasteiger partial charge >= 0.3 is 0 Å². The van der Waals surface area contributed by atoms with Crippen LogP contribution >= 0.6 is 24.0 Å². The Balaban J connectivity index is 0.00000324. The smallest absolute Gasteiger partial charge is 0.188 e. The number of hydrogen-bond acceptors (Lipinski definition) is 1. The lowest BCUT2D eigenvalue weighted by Gasteiger charge is -2.06. The number of aliphatic imine (C=N–C) groups is 1. The van der Waals surface area contributed by atoms with E-state index < -0.39 is 11.6 Å². The molecule has 1 aromatic carbocycles. The van der Waals surface area contributed by atoms with Crippen molar-refractivity contribution in [3.8, 4) is 0 Å². The third-order valence-electron chi connectivity index (χ3n) is 2.44. The standard InChI is InChI=1S/C13H19F2N3.HI/c1-2-3-5-17-13(16)18-6-4-10-7-11(14)9-12(15)8-10;/h7-9H,2-6H2,1H3,(H3,16,17,18);1H. The topological polar surface area (TPSA) is 50.4 Å². The first kappa shape index (κ1) is 18.1. The summed E-state index contributed by atoms with van der Waals surface area (Å²) in [5.41, 5.74) is 6.23. The molecule has 0 fully saturated rings. The first-order valence-corrected chi connectivity index (χ1v) is 6.10. The summed E-state index contributed by atoms with van der Waals surface area (Å²) < 4.78 is 25.8. The van der Waals surface area contributed by atoms with Gasteiger partial charge in [-0.3, -0.25) is 4.99 Å². The average molecular weight is 383 g/mol. The molecule has 3 nitrogen and oxygen atoms in total. The summed E-state index contributed by atoms with van der Waals surface area (Å²) >= 11 is 0. The highest BCUT2D eigenvalue weighted by Gasteiger charge is 2.00. The minimum atomic E-state index is -0.561. The Kier molecular flexibility index (Phi) is 9.46. The summed E-state index contributed by atoms with van der Waals surface area (Å²) in [6.07, 6.45) is 2.56. The van der Waals surface area contributed by atoms with Crippen molar-refractivity contribution in [1.29, 1.82) is 0 Å². The van der Waals surface area contributed by atoms with E-state index >= 15 is 0 Å². The van der Waals surface area contributed by atoms with Gasteiger partial charge in [-0.05, 0) is 30.5 Å². The number of hydrogen-bond donors (Lipinski definition) is 2. The molecule has 0 bridgehead atoms. The molecular weight excluding hydrogens is 363 g/mol. The van der Waals surface area contributed by atoms with Gasteiger partial charge in [-0.2, -0.15) is 0 Å². The minimum Gasteiger partial charge on any atom is -0.370 e. The van der Waals surface area contributed by atoms with E-state index in [0.717, 1.165) is 18.9 Å². The highest BCUT2D eigenvalue weighted by molar-refractivity contribution is 14.0. The molecule has 1 aromatic rings. The van der Waals surface area contributed by atoms with Crippen LogP contribution in [0.4, 0.5) is 8.78 Å². The largest absolute Gasteiger partial charge is 0.370 e. The molecule has 0 amide bonds. The molecule has 0 heterocycles. The Bertz CT molecular complexity index is 391. The third-order valence-corrected chi connectivity index (χ3v) is 2.44. The second-order valence-electron chi connectivity index (χ2n) is 4.07. The van der Waals surface area contributed by atoms with Crippen LogP contribution in [0.1, 0.15) is 25.3 Å². The van der Waals surface area contributed by atoms with Crippen molar-refractivity contribution in [1.82, 2.24) is 5.32 Å². The highest BCUT2D eigenvalue weighted by atomic mass is 127. The van der Waals surface area contributed by atoms with Crippen LogP contribution in [-0.4, -0.2) is 19.0 Å². The van der Waals surface area contributed by atoms with Crippen LogP contribution in [-0.2, 0) is 6.42 Å². The van der Waals surface area contributed by atoms with Crippen LogP contribution < -0.4 is 11.1 Å². The Morgan fingerprint density at radius 1 is 1.26 bits per heavy atom. The zero-order valence-corrected chi connectivity index (χ0v) is 13.3. The van der Waals surface area contributed by atoms with Crippen molar-refractivity contribution in [2.75, 3.05) is 13.1 Å². The number of nitrogens with two attached hydrogens (primary N) is 1. The third kappa shape index (κ3) is 7.97. The van der Waals surface area contributed by atoms with Crippen molar-refractivity contribution in [2.24, 2.45) is 10.7 Å². The molecule has 0 aromatic heterocycles. The molecule has 0 aliphatic rings. The minimum absolute atomic E-state index is 0. The van der Waals surface area contributed by atoms with E-state index in [-0.39, 0.29) is 24.0 Å². The Morgan fingerprint density at radius 3 is 2.47 bits per heavy atom. The number of guanidine groups is 1. The second-order valence-corrected chi connectivity index (χ2v) is 4.07. The molecule has 3 N–H and O–H groups in total. The average Bonchev–Trinajstić information content (AvgIpc) is 2.28. The predicted octanol–water partition coefficient (Wildman–Crippen LogP) is 2.83. The SMILES string of the molecule is CCCCN=C(N)NCCc1cc(F)cc(F)c1.I. The maximum atomic E-state index is 12.9. The lowest BCUT2D eigenvalue weighted by atomic mass is 10.1. The monoisotopic (exact) mass is 383 g/mol. The van der Waals surface area contributed by atoms with E-state index in [1.807, 2.05) is 0 Å². The van der Waals surface area contributed by atoms with Crippen molar-refractivity contribution < 1.29 is 8.78 Å². The molecule has 0 radical (unpaired) electrons. The quantitative estimate of drug-likeness (QED) is 0.344. The summed E-state index contributed by atoms with van der Waals surface area (Å²) in [7, 11) is 0. The molecule has 0 spiro atoms. The summed E-state index contributed by atoms with van der Waals surface area (Å²) in [5.74, 6) is -0.746. The second kappa shape index (κ2) is 9.94. The van der Waals surface area contributed by atoms with Gasteiger partial charge < -0.3 is 11.1 Å². The molecular formula is C13H20F2IN3. The van der Waals surface area contributed by atoms with Crippen LogP contribution in [0.3, 0.4) is 0 Å². The van der Waals surface area contributed by atoms with Crippen LogP contribution in [0.15, 0.2) is 23.2 Å². The Hall–Kier alpha value is -0.920. The van der Waals surface area contributed by atoms with Gasteiger partial charge in [-0.15, -0.1) is 24.0 Å². The van der Waals surface area contributed by atoms with Gasteiger partial charge in [0.25, 0.3) is 0 Å². The Morgan fingerprint density at radius 2 is 1.89 bits per heavy atom. The van der Waals surface area contributed by atoms with Gasteiger partial charge in [0, 0.05) is 19.2 Å². The van der Waals surface area contributed by atoms with Crippen molar-refractivity contribution in [3.05, 3.63) is 35.4 Å². The maximum absolute atomic E-state index is 12.9. The predicted molar refractivity (Wildman–Crippen MR) is 84.9 cm³/mol. The van der Waals surface area contributed by atoms with Crippen LogP contribution in [0, 0.1) is 11.6 Å². The fourth-order valence-electron chi connectivity index (χ4n) is 1.50. The van der Waals surface area contributed by atoms with Crippen LogP contribution in [0.5, 0.6) is 0 Å². The van der Waals surface area contributed by atoms with Crippen LogP contribution in [0.2, 0.25) is 0 Å². The molecule has 0 aliphatic heterocycles. The fourth-order valence-corrected chi connectivity index (χ4v) is 1.50. The summed E-state index contributed by atoms with van der Waals surface area (Å²) in [6, 6.07) is 3.49. The number of benzene rings is 1. The number of nitrogens with one attached hydrogen (secondary N) is 1. The lowest BCUT2D eigenvalue weighted by Crippen LogP contribution is -2.33. The first-order chi connectivity index (χ1) is 8.61. The Labute approximate surface area is 129 Å². The van der Waals surface area contributed by atoms with E-state index in [1.54, 1.807) is 0 Å². The van der Waals surface area contributed by atoms with E-state index in [9.17, 15) is 8.78 Å². The lowest BCUT2D eigenvalue weighted by molar-refractivity contribution is 0.579. The van der Waals surface area contributed by atoms with Gasteiger partial charge in [-0.1, -0.05) is 13.3 Å². The number of rotatable bonds is 6. The molecule has 19 heavy (non-hydrogen) atoms. The van der Waals surface area contributed by atoms with E-state index in [2.05, 4.69) is 17.2 Å². The van der Waals surface area contributed by atoms with E-state index in [0.29, 0.717) is 31.0 Å². The van der Waals surface area contributed by atoms with Gasteiger partial charge in [-0.25, -0.2) is 8.78 Å². The van der Waals surface area contributed by atoms with E-state index in [1.165, 1.54) is 12.1 Å². The summed E-state index contributed by atoms with van der Waals surface area (Å²) in [6.45, 7) is 3.28. The molecule has 0 saturated heterocycles. The molecule has 0 saturated carbocycles. The molecule has 108 valence electrons. The zero-order valence-electron chi connectivity index (χ0n) is 11.0. The normalized spacial score (nSPS) is 11.0. The molecule has 0 atom stereocenters. The molecule has 6 heteroatoms. The molecule has 1 rings (SSSR count).